The predicted octanol–water partition coefficient (Wildman–Crippen LogP) is 3.91. The molecule has 86 valence electrons. The molecular weight excluding hydrogens is 198 g/mol. The molecule has 0 saturated carbocycles. The average Bonchev–Trinajstić information content (AvgIpc) is 2.30. The zero-order valence-corrected chi connectivity index (χ0v) is 10.1. The lowest BCUT2D eigenvalue weighted by Gasteiger charge is -2.14. The van der Waals surface area contributed by atoms with E-state index in [1.54, 1.807) is 12.1 Å². The lowest BCUT2D eigenvalue weighted by Crippen LogP contribution is -2.11. The zero-order chi connectivity index (χ0) is 11.8. The van der Waals surface area contributed by atoms with Crippen molar-refractivity contribution in [2.24, 2.45) is 0 Å². The first-order chi connectivity index (χ1) is 7.76. The van der Waals surface area contributed by atoms with Crippen LogP contribution in [0.5, 0.6) is 5.75 Å². The van der Waals surface area contributed by atoms with Crippen LogP contribution in [-0.4, -0.2) is 6.10 Å². The summed E-state index contributed by atoms with van der Waals surface area (Å²) in [6, 6.07) is 9.38. The molecule has 2 nitrogen and oxygen atoms in total. The SMILES string of the molecule is CCCCCC(C)Oc1ccc(C#N)cc1. The minimum atomic E-state index is 0.250. The highest BCUT2D eigenvalue weighted by molar-refractivity contribution is 5.34. The second-order valence-electron chi connectivity index (χ2n) is 4.06. The van der Waals surface area contributed by atoms with E-state index in [9.17, 15) is 0 Å². The van der Waals surface area contributed by atoms with Gasteiger partial charge in [0, 0.05) is 0 Å². The van der Waals surface area contributed by atoms with Crippen LogP contribution in [0, 0.1) is 11.3 Å². The summed E-state index contributed by atoms with van der Waals surface area (Å²) in [6.45, 7) is 4.29. The number of rotatable bonds is 6. The van der Waals surface area contributed by atoms with Crippen molar-refractivity contribution in [1.82, 2.24) is 0 Å². The van der Waals surface area contributed by atoms with Crippen molar-refractivity contribution >= 4 is 0 Å². The van der Waals surface area contributed by atoms with Gasteiger partial charge < -0.3 is 4.74 Å². The van der Waals surface area contributed by atoms with Gasteiger partial charge in [0.25, 0.3) is 0 Å². The quantitative estimate of drug-likeness (QED) is 0.677. The summed E-state index contributed by atoms with van der Waals surface area (Å²) in [4.78, 5) is 0. The summed E-state index contributed by atoms with van der Waals surface area (Å²) in [5.74, 6) is 0.850. The summed E-state index contributed by atoms with van der Waals surface area (Å²) in [7, 11) is 0. The molecule has 0 spiro atoms. The Bertz CT molecular complexity index is 337. The maximum absolute atomic E-state index is 8.66. The molecule has 0 amide bonds. The molecule has 1 atom stereocenters. The lowest BCUT2D eigenvalue weighted by molar-refractivity contribution is 0.206. The van der Waals surface area contributed by atoms with Crippen molar-refractivity contribution in [2.45, 2.75) is 45.6 Å². The average molecular weight is 217 g/mol. The van der Waals surface area contributed by atoms with Crippen LogP contribution < -0.4 is 4.74 Å². The molecule has 0 aliphatic carbocycles. The highest BCUT2D eigenvalue weighted by Crippen LogP contribution is 2.15. The Morgan fingerprint density at radius 1 is 1.25 bits per heavy atom. The van der Waals surface area contributed by atoms with Crippen LogP contribution in [0.1, 0.15) is 45.1 Å². The highest BCUT2D eigenvalue weighted by atomic mass is 16.5. The Morgan fingerprint density at radius 2 is 1.94 bits per heavy atom. The van der Waals surface area contributed by atoms with Crippen molar-refractivity contribution < 1.29 is 4.74 Å². The fourth-order valence-electron chi connectivity index (χ4n) is 1.58. The second-order valence-corrected chi connectivity index (χ2v) is 4.06. The molecule has 1 aromatic rings. The minimum Gasteiger partial charge on any atom is -0.491 e. The van der Waals surface area contributed by atoms with Gasteiger partial charge in [-0.15, -0.1) is 0 Å². The third-order valence-electron chi connectivity index (χ3n) is 2.53. The van der Waals surface area contributed by atoms with E-state index in [1.807, 2.05) is 12.1 Å². The third-order valence-corrected chi connectivity index (χ3v) is 2.53. The van der Waals surface area contributed by atoms with Gasteiger partial charge >= 0.3 is 0 Å². The molecule has 0 saturated heterocycles. The van der Waals surface area contributed by atoms with Crippen molar-refractivity contribution in [3.63, 3.8) is 0 Å². The van der Waals surface area contributed by atoms with Crippen LogP contribution in [0.25, 0.3) is 0 Å². The number of unbranched alkanes of at least 4 members (excludes halogenated alkanes) is 2. The Morgan fingerprint density at radius 3 is 2.50 bits per heavy atom. The van der Waals surface area contributed by atoms with Gasteiger partial charge in [0.2, 0.25) is 0 Å². The Kier molecular flexibility index (Phi) is 5.42. The first-order valence-corrected chi connectivity index (χ1v) is 5.93. The molecule has 0 fully saturated rings. The number of hydrogen-bond acceptors (Lipinski definition) is 2. The molecule has 0 aromatic heterocycles. The van der Waals surface area contributed by atoms with Gasteiger partial charge in [-0.3, -0.25) is 0 Å². The van der Waals surface area contributed by atoms with E-state index in [4.69, 9.17) is 10.00 Å². The molecule has 1 rings (SSSR count). The molecular formula is C14H19NO. The minimum absolute atomic E-state index is 0.250. The second kappa shape index (κ2) is 6.90. The van der Waals surface area contributed by atoms with Gasteiger partial charge in [-0.05, 0) is 44.0 Å². The molecule has 16 heavy (non-hydrogen) atoms. The van der Waals surface area contributed by atoms with Crippen LogP contribution in [0.4, 0.5) is 0 Å². The fraction of sp³-hybridized carbons (Fsp3) is 0.500. The Labute approximate surface area is 97.9 Å². The van der Waals surface area contributed by atoms with E-state index >= 15 is 0 Å². The monoisotopic (exact) mass is 217 g/mol. The van der Waals surface area contributed by atoms with Gasteiger partial charge in [-0.2, -0.15) is 5.26 Å². The van der Waals surface area contributed by atoms with E-state index in [0.717, 1.165) is 12.2 Å². The van der Waals surface area contributed by atoms with E-state index in [0.29, 0.717) is 5.56 Å². The van der Waals surface area contributed by atoms with Crippen molar-refractivity contribution in [3.05, 3.63) is 29.8 Å². The highest BCUT2D eigenvalue weighted by Gasteiger charge is 2.03. The van der Waals surface area contributed by atoms with E-state index in [2.05, 4.69) is 19.9 Å². The van der Waals surface area contributed by atoms with Crippen LogP contribution in [0.3, 0.4) is 0 Å². The number of nitriles is 1. The van der Waals surface area contributed by atoms with Gasteiger partial charge in [-0.1, -0.05) is 19.8 Å². The number of benzene rings is 1. The van der Waals surface area contributed by atoms with Crippen molar-refractivity contribution in [2.75, 3.05) is 0 Å². The summed E-state index contributed by atoms with van der Waals surface area (Å²) in [5.41, 5.74) is 0.672. The maximum atomic E-state index is 8.66. The van der Waals surface area contributed by atoms with Gasteiger partial charge in [0.15, 0.2) is 0 Å². The third kappa shape index (κ3) is 4.35. The van der Waals surface area contributed by atoms with Crippen molar-refractivity contribution in [3.8, 4) is 11.8 Å². The molecule has 0 heterocycles. The number of nitrogens with zero attached hydrogens (tertiary/aromatic N) is 1. The van der Waals surface area contributed by atoms with Crippen LogP contribution in [0.15, 0.2) is 24.3 Å². The van der Waals surface area contributed by atoms with E-state index < -0.39 is 0 Å². The first kappa shape index (κ1) is 12.6. The smallest absolute Gasteiger partial charge is 0.119 e. The topological polar surface area (TPSA) is 33.0 Å². The number of hydrogen-bond donors (Lipinski definition) is 0. The normalized spacial score (nSPS) is 11.8. The summed E-state index contributed by atoms with van der Waals surface area (Å²) >= 11 is 0. The predicted molar refractivity (Wildman–Crippen MR) is 65.4 cm³/mol. The molecule has 0 radical (unpaired) electrons. The molecule has 2 heteroatoms. The summed E-state index contributed by atoms with van der Waals surface area (Å²) < 4.78 is 5.75. The van der Waals surface area contributed by atoms with Crippen LogP contribution >= 0.6 is 0 Å². The Balaban J connectivity index is 2.38. The number of ether oxygens (including phenoxy) is 1. The van der Waals surface area contributed by atoms with E-state index in [-0.39, 0.29) is 6.10 Å². The molecule has 0 N–H and O–H groups in total. The summed E-state index contributed by atoms with van der Waals surface area (Å²) in [6.07, 6.45) is 5.06. The lowest BCUT2D eigenvalue weighted by atomic mass is 10.1. The standard InChI is InChI=1S/C14H19NO/c1-3-4-5-6-12(2)16-14-9-7-13(11-15)8-10-14/h7-10,12H,3-6H2,1-2H3. The molecule has 0 bridgehead atoms. The molecule has 0 aliphatic rings. The molecule has 1 unspecified atom stereocenters. The van der Waals surface area contributed by atoms with Gasteiger partial charge in [0.05, 0.1) is 17.7 Å². The van der Waals surface area contributed by atoms with Crippen molar-refractivity contribution in [1.29, 1.82) is 5.26 Å². The van der Waals surface area contributed by atoms with Crippen LogP contribution in [-0.2, 0) is 0 Å². The van der Waals surface area contributed by atoms with Gasteiger partial charge in [0.1, 0.15) is 5.75 Å². The molecule has 0 aliphatic heterocycles. The summed E-state index contributed by atoms with van der Waals surface area (Å²) in [5, 5.41) is 8.66. The van der Waals surface area contributed by atoms with E-state index in [1.165, 1.54) is 19.3 Å². The first-order valence-electron chi connectivity index (χ1n) is 5.93. The largest absolute Gasteiger partial charge is 0.491 e. The van der Waals surface area contributed by atoms with Crippen LogP contribution in [0.2, 0.25) is 0 Å². The maximum Gasteiger partial charge on any atom is 0.119 e. The molecule has 1 aromatic carbocycles. The fourth-order valence-corrected chi connectivity index (χ4v) is 1.58. The zero-order valence-electron chi connectivity index (χ0n) is 10.1. The van der Waals surface area contributed by atoms with Gasteiger partial charge in [-0.25, -0.2) is 0 Å². The Hall–Kier alpha value is -1.49.